The van der Waals surface area contributed by atoms with Gasteiger partial charge in [0.1, 0.15) is 18.1 Å². The number of rotatable bonds is 11. The molecule has 10 nitrogen and oxygen atoms in total. The molecule has 194 valence electrons. The lowest BCUT2D eigenvalue weighted by Gasteiger charge is -2.33. The minimum absolute atomic E-state index is 0.116. The van der Waals surface area contributed by atoms with E-state index in [4.69, 9.17) is 0 Å². The summed E-state index contributed by atoms with van der Waals surface area (Å²) in [5.74, 6) is -1.34. The van der Waals surface area contributed by atoms with Crippen LogP contribution < -0.4 is 21.3 Å². The average Bonchev–Trinajstić information content (AvgIpc) is 3.18. The molecule has 1 aliphatic heterocycles. The summed E-state index contributed by atoms with van der Waals surface area (Å²) in [6.45, 7) is 14.6. The van der Waals surface area contributed by atoms with E-state index in [-0.39, 0.29) is 47.9 Å². The van der Waals surface area contributed by atoms with E-state index in [1.807, 2.05) is 27.7 Å². The Morgan fingerprint density at radius 1 is 0.971 bits per heavy atom. The van der Waals surface area contributed by atoms with E-state index >= 15 is 0 Å². The van der Waals surface area contributed by atoms with Gasteiger partial charge in [-0.05, 0) is 44.9 Å². The summed E-state index contributed by atoms with van der Waals surface area (Å²) in [6.07, 6.45) is 1.73. The molecular formula is C24H43N5O5. The minimum atomic E-state index is -0.780. The van der Waals surface area contributed by atoms with Gasteiger partial charge in [-0.3, -0.25) is 24.0 Å². The van der Waals surface area contributed by atoms with Crippen LogP contribution >= 0.6 is 0 Å². The third-order valence-corrected chi connectivity index (χ3v) is 5.70. The van der Waals surface area contributed by atoms with Crippen molar-refractivity contribution in [1.29, 1.82) is 0 Å². The second kappa shape index (κ2) is 12.7. The Balaban J connectivity index is 2.80. The summed E-state index contributed by atoms with van der Waals surface area (Å²) in [6, 6.07) is -1.97. The third kappa shape index (κ3) is 9.30. The molecule has 0 unspecified atom stereocenters. The molecule has 0 spiro atoms. The van der Waals surface area contributed by atoms with Crippen LogP contribution in [-0.4, -0.2) is 71.2 Å². The van der Waals surface area contributed by atoms with Crippen LogP contribution in [0.2, 0.25) is 0 Å². The smallest absolute Gasteiger partial charge is 0.246 e. The maximum atomic E-state index is 13.1. The molecule has 0 aliphatic carbocycles. The zero-order valence-corrected chi connectivity index (χ0v) is 21.9. The molecule has 1 heterocycles. The standard InChI is InChI=1S/C24H43N5O5/c1-14(2)12-18(26-16(5)30)21(32)25-13-24(7,8)28-22(33)19-10-9-11-29(19)23(34)20(15(3)4)27-17(6)31/h14-15,18-20H,9-13H2,1-8H3,(H,25,32)(H,26,30)(H,27,31)(H,28,33)/t18-,19+,20-/m0/s1. The Bertz CT molecular complexity index is 765. The summed E-state index contributed by atoms with van der Waals surface area (Å²) >= 11 is 0. The second-order valence-electron chi connectivity index (χ2n) is 10.6. The van der Waals surface area contributed by atoms with Crippen molar-refractivity contribution in [2.45, 2.75) is 98.3 Å². The van der Waals surface area contributed by atoms with Gasteiger partial charge in [0.25, 0.3) is 0 Å². The first-order valence-electron chi connectivity index (χ1n) is 12.1. The lowest BCUT2D eigenvalue weighted by Crippen LogP contribution is -2.59. The van der Waals surface area contributed by atoms with Crippen molar-refractivity contribution in [1.82, 2.24) is 26.2 Å². The summed E-state index contributed by atoms with van der Waals surface area (Å²) in [5, 5.41) is 11.1. The lowest BCUT2D eigenvalue weighted by molar-refractivity contribution is -0.142. The van der Waals surface area contributed by atoms with Crippen molar-refractivity contribution in [3.8, 4) is 0 Å². The predicted molar refractivity (Wildman–Crippen MR) is 129 cm³/mol. The molecule has 34 heavy (non-hydrogen) atoms. The van der Waals surface area contributed by atoms with Gasteiger partial charge in [-0.25, -0.2) is 0 Å². The number of nitrogens with one attached hydrogen (secondary N) is 4. The van der Waals surface area contributed by atoms with E-state index in [9.17, 15) is 24.0 Å². The molecule has 0 radical (unpaired) electrons. The number of carbonyl (C=O) groups is 5. The van der Waals surface area contributed by atoms with Crippen LogP contribution in [-0.2, 0) is 24.0 Å². The predicted octanol–water partition coefficient (Wildman–Crippen LogP) is 0.700. The lowest BCUT2D eigenvalue weighted by atomic mass is 10.0. The van der Waals surface area contributed by atoms with Crippen LogP contribution in [0.5, 0.6) is 0 Å². The first-order valence-corrected chi connectivity index (χ1v) is 12.1. The first kappa shape index (κ1) is 29.4. The Labute approximate surface area is 203 Å². The molecule has 1 aliphatic rings. The molecule has 0 aromatic carbocycles. The maximum Gasteiger partial charge on any atom is 0.246 e. The summed E-state index contributed by atoms with van der Waals surface area (Å²) in [7, 11) is 0. The molecule has 0 aromatic rings. The van der Waals surface area contributed by atoms with E-state index in [2.05, 4.69) is 21.3 Å². The third-order valence-electron chi connectivity index (χ3n) is 5.70. The molecule has 1 saturated heterocycles. The minimum Gasteiger partial charge on any atom is -0.352 e. The maximum absolute atomic E-state index is 13.1. The van der Waals surface area contributed by atoms with E-state index in [0.717, 1.165) is 0 Å². The van der Waals surface area contributed by atoms with E-state index in [1.54, 1.807) is 18.7 Å². The Kier molecular flexibility index (Phi) is 11.0. The zero-order valence-electron chi connectivity index (χ0n) is 21.9. The number of hydrogen-bond acceptors (Lipinski definition) is 5. The molecule has 3 atom stereocenters. The topological polar surface area (TPSA) is 137 Å². The molecule has 1 fully saturated rings. The van der Waals surface area contributed by atoms with Crippen LogP contribution in [0.25, 0.3) is 0 Å². The molecule has 0 bridgehead atoms. The van der Waals surface area contributed by atoms with Gasteiger partial charge < -0.3 is 26.2 Å². The fraction of sp³-hybridized carbons (Fsp3) is 0.792. The molecular weight excluding hydrogens is 438 g/mol. The van der Waals surface area contributed by atoms with Crippen LogP contribution in [0.1, 0.15) is 74.7 Å². The summed E-state index contributed by atoms with van der Waals surface area (Å²) < 4.78 is 0. The van der Waals surface area contributed by atoms with Gasteiger partial charge in [-0.15, -0.1) is 0 Å². The molecule has 4 N–H and O–H groups in total. The summed E-state index contributed by atoms with van der Waals surface area (Å²) in [5.41, 5.74) is -0.780. The van der Waals surface area contributed by atoms with E-state index in [0.29, 0.717) is 25.8 Å². The molecule has 0 saturated carbocycles. The van der Waals surface area contributed by atoms with Gasteiger partial charge in [0, 0.05) is 26.9 Å². The largest absolute Gasteiger partial charge is 0.352 e. The molecule has 1 rings (SSSR count). The highest BCUT2D eigenvalue weighted by Crippen LogP contribution is 2.21. The molecule has 0 aromatic heterocycles. The van der Waals surface area contributed by atoms with Crippen molar-refractivity contribution in [3.63, 3.8) is 0 Å². The highest BCUT2D eigenvalue weighted by Gasteiger charge is 2.39. The van der Waals surface area contributed by atoms with Gasteiger partial charge in [-0.1, -0.05) is 27.7 Å². The highest BCUT2D eigenvalue weighted by atomic mass is 16.2. The van der Waals surface area contributed by atoms with E-state index in [1.165, 1.54) is 13.8 Å². The van der Waals surface area contributed by atoms with Gasteiger partial charge >= 0.3 is 0 Å². The second-order valence-corrected chi connectivity index (χ2v) is 10.6. The van der Waals surface area contributed by atoms with Crippen molar-refractivity contribution < 1.29 is 24.0 Å². The normalized spacial score (nSPS) is 17.8. The first-order chi connectivity index (χ1) is 15.6. The number of nitrogens with zero attached hydrogens (tertiary/aromatic N) is 1. The van der Waals surface area contributed by atoms with Crippen molar-refractivity contribution >= 4 is 29.5 Å². The van der Waals surface area contributed by atoms with Crippen molar-refractivity contribution in [3.05, 3.63) is 0 Å². The average molecular weight is 482 g/mol. The number of carbonyl (C=O) groups excluding carboxylic acids is 5. The van der Waals surface area contributed by atoms with Crippen molar-refractivity contribution in [2.75, 3.05) is 13.1 Å². The fourth-order valence-corrected chi connectivity index (χ4v) is 4.05. The van der Waals surface area contributed by atoms with Crippen LogP contribution in [0.4, 0.5) is 0 Å². The number of amides is 5. The van der Waals surface area contributed by atoms with Crippen LogP contribution in [0.3, 0.4) is 0 Å². The van der Waals surface area contributed by atoms with Gasteiger partial charge in [-0.2, -0.15) is 0 Å². The van der Waals surface area contributed by atoms with Gasteiger partial charge in [0.2, 0.25) is 29.5 Å². The van der Waals surface area contributed by atoms with Crippen LogP contribution in [0, 0.1) is 11.8 Å². The Morgan fingerprint density at radius 3 is 2.06 bits per heavy atom. The van der Waals surface area contributed by atoms with Gasteiger partial charge in [0.15, 0.2) is 0 Å². The quantitative estimate of drug-likeness (QED) is 0.344. The number of likely N-dealkylation sites (tertiary alicyclic amines) is 1. The monoisotopic (exact) mass is 481 g/mol. The van der Waals surface area contributed by atoms with Crippen molar-refractivity contribution in [2.24, 2.45) is 11.8 Å². The van der Waals surface area contributed by atoms with E-state index < -0.39 is 23.7 Å². The van der Waals surface area contributed by atoms with Gasteiger partial charge in [0.05, 0.1) is 5.54 Å². The number of hydrogen-bond donors (Lipinski definition) is 4. The molecule has 10 heteroatoms. The highest BCUT2D eigenvalue weighted by molar-refractivity contribution is 5.92. The zero-order chi connectivity index (χ0) is 26.2. The Hall–Kier alpha value is -2.65. The molecule has 5 amide bonds. The Morgan fingerprint density at radius 2 is 1.56 bits per heavy atom. The van der Waals surface area contributed by atoms with Crippen LogP contribution in [0.15, 0.2) is 0 Å². The summed E-state index contributed by atoms with van der Waals surface area (Å²) in [4.78, 5) is 63.4. The fourth-order valence-electron chi connectivity index (χ4n) is 4.05. The SMILES string of the molecule is CC(=O)N[C@@H](CC(C)C)C(=O)NCC(C)(C)NC(=O)[C@H]1CCCN1C(=O)[C@@H](NC(C)=O)C(C)C.